The molecule has 6 nitrogen and oxygen atoms in total. The van der Waals surface area contributed by atoms with E-state index in [0.29, 0.717) is 11.5 Å². The second kappa shape index (κ2) is 8.59. The zero-order valence-electron chi connectivity index (χ0n) is 13.2. The summed E-state index contributed by atoms with van der Waals surface area (Å²) in [5.74, 6) is 0.387. The van der Waals surface area contributed by atoms with Crippen molar-refractivity contribution in [1.82, 2.24) is 14.9 Å². The number of anilines is 2. The van der Waals surface area contributed by atoms with Gasteiger partial charge in [-0.3, -0.25) is 4.79 Å². The summed E-state index contributed by atoms with van der Waals surface area (Å²) >= 11 is 3.37. The number of carbonyl (C=O) groups excluding carboxylic acids is 1. The van der Waals surface area contributed by atoms with Crippen LogP contribution in [0.4, 0.5) is 11.5 Å². The van der Waals surface area contributed by atoms with Gasteiger partial charge < -0.3 is 15.5 Å². The number of hydrogen-bond acceptors (Lipinski definition) is 5. The molecule has 1 aromatic carbocycles. The van der Waals surface area contributed by atoms with E-state index in [1.165, 1.54) is 6.20 Å². The summed E-state index contributed by atoms with van der Waals surface area (Å²) in [6.07, 6.45) is 4.06. The average Bonchev–Trinajstić information content (AvgIpc) is 2.52. The molecule has 0 unspecified atom stereocenters. The summed E-state index contributed by atoms with van der Waals surface area (Å²) in [6.45, 7) is 1.82. The Bertz CT molecular complexity index is 645. The molecule has 2 aromatic rings. The van der Waals surface area contributed by atoms with Gasteiger partial charge in [-0.15, -0.1) is 0 Å². The minimum absolute atomic E-state index is 0.281. The Morgan fingerprint density at radius 2 is 2.09 bits per heavy atom. The number of rotatable bonds is 7. The van der Waals surface area contributed by atoms with Gasteiger partial charge in [0.2, 0.25) is 0 Å². The lowest BCUT2D eigenvalue weighted by Gasteiger charge is -2.10. The molecular weight excluding hydrogens is 358 g/mol. The number of carbonyl (C=O) groups is 1. The molecule has 0 radical (unpaired) electrons. The highest BCUT2D eigenvalue weighted by Crippen LogP contribution is 2.16. The van der Waals surface area contributed by atoms with E-state index < -0.39 is 0 Å². The van der Waals surface area contributed by atoms with E-state index in [9.17, 15) is 4.79 Å². The lowest BCUT2D eigenvalue weighted by atomic mass is 10.3. The predicted molar refractivity (Wildman–Crippen MR) is 95.8 cm³/mol. The molecule has 2 N–H and O–H groups in total. The van der Waals surface area contributed by atoms with Crippen molar-refractivity contribution in [3.63, 3.8) is 0 Å². The SMILES string of the molecule is CN(C)CCCNc1cnc(C(=O)Nc2cccc(Br)c2)cn1. The van der Waals surface area contributed by atoms with Crippen LogP contribution in [0.15, 0.2) is 41.1 Å². The lowest BCUT2D eigenvalue weighted by molar-refractivity contribution is 0.102. The van der Waals surface area contributed by atoms with Crippen LogP contribution in [-0.2, 0) is 0 Å². The maximum Gasteiger partial charge on any atom is 0.275 e. The van der Waals surface area contributed by atoms with E-state index in [1.54, 1.807) is 6.20 Å². The summed E-state index contributed by atoms with van der Waals surface area (Å²) in [5, 5.41) is 5.97. The normalized spacial score (nSPS) is 10.6. The number of hydrogen-bond donors (Lipinski definition) is 2. The second-order valence-electron chi connectivity index (χ2n) is 5.33. The summed E-state index contributed by atoms with van der Waals surface area (Å²) < 4.78 is 0.902. The van der Waals surface area contributed by atoms with E-state index >= 15 is 0 Å². The van der Waals surface area contributed by atoms with Crippen molar-refractivity contribution in [3.05, 3.63) is 46.8 Å². The van der Waals surface area contributed by atoms with Crippen molar-refractivity contribution in [2.24, 2.45) is 0 Å². The van der Waals surface area contributed by atoms with Gasteiger partial charge in [0.1, 0.15) is 11.5 Å². The van der Waals surface area contributed by atoms with Gasteiger partial charge >= 0.3 is 0 Å². The van der Waals surface area contributed by atoms with Gasteiger partial charge in [-0.2, -0.15) is 0 Å². The quantitative estimate of drug-likeness (QED) is 0.726. The number of aromatic nitrogens is 2. The summed E-state index contributed by atoms with van der Waals surface area (Å²) in [6, 6.07) is 7.39. The highest BCUT2D eigenvalue weighted by Gasteiger charge is 2.08. The third-order valence-electron chi connectivity index (χ3n) is 3.06. The van der Waals surface area contributed by atoms with Crippen molar-refractivity contribution < 1.29 is 4.79 Å². The molecule has 1 aromatic heterocycles. The van der Waals surface area contributed by atoms with Crippen molar-refractivity contribution in [2.45, 2.75) is 6.42 Å². The molecule has 0 bridgehead atoms. The van der Waals surface area contributed by atoms with Gasteiger partial charge in [-0.1, -0.05) is 22.0 Å². The second-order valence-corrected chi connectivity index (χ2v) is 6.25. The first-order chi connectivity index (χ1) is 11.0. The fraction of sp³-hybridized carbons (Fsp3) is 0.312. The molecule has 1 amide bonds. The Labute approximate surface area is 144 Å². The Hall–Kier alpha value is -1.99. The average molecular weight is 378 g/mol. The van der Waals surface area contributed by atoms with E-state index in [0.717, 1.165) is 24.0 Å². The first kappa shape index (κ1) is 17.4. The van der Waals surface area contributed by atoms with E-state index in [2.05, 4.69) is 41.4 Å². The first-order valence-corrected chi connectivity index (χ1v) is 8.11. The lowest BCUT2D eigenvalue weighted by Crippen LogP contribution is -2.17. The van der Waals surface area contributed by atoms with E-state index in [1.807, 2.05) is 38.4 Å². The zero-order chi connectivity index (χ0) is 16.7. The van der Waals surface area contributed by atoms with Crippen LogP contribution in [0.2, 0.25) is 0 Å². The fourth-order valence-electron chi connectivity index (χ4n) is 1.91. The van der Waals surface area contributed by atoms with Crippen LogP contribution in [-0.4, -0.2) is 48.0 Å². The van der Waals surface area contributed by atoms with Crippen LogP contribution in [0, 0.1) is 0 Å². The summed E-state index contributed by atoms with van der Waals surface area (Å²) in [5.41, 5.74) is 0.987. The molecule has 0 aliphatic rings. The third kappa shape index (κ3) is 5.96. The van der Waals surface area contributed by atoms with Crippen LogP contribution in [0.3, 0.4) is 0 Å². The number of nitrogens with zero attached hydrogens (tertiary/aromatic N) is 3. The molecule has 2 rings (SSSR count). The van der Waals surface area contributed by atoms with Crippen LogP contribution in [0.5, 0.6) is 0 Å². The van der Waals surface area contributed by atoms with Crippen molar-refractivity contribution in [3.8, 4) is 0 Å². The molecule has 0 aliphatic carbocycles. The van der Waals surface area contributed by atoms with Gasteiger partial charge in [0.15, 0.2) is 0 Å². The molecule has 23 heavy (non-hydrogen) atoms. The Morgan fingerprint density at radius 3 is 2.74 bits per heavy atom. The van der Waals surface area contributed by atoms with Crippen LogP contribution in [0.1, 0.15) is 16.9 Å². The number of benzene rings is 1. The van der Waals surface area contributed by atoms with Gasteiger partial charge in [0.25, 0.3) is 5.91 Å². The minimum Gasteiger partial charge on any atom is -0.369 e. The molecule has 7 heteroatoms. The highest BCUT2D eigenvalue weighted by atomic mass is 79.9. The number of halogens is 1. The van der Waals surface area contributed by atoms with Crippen molar-refractivity contribution >= 4 is 33.3 Å². The molecule has 0 aliphatic heterocycles. The van der Waals surface area contributed by atoms with Crippen LogP contribution >= 0.6 is 15.9 Å². The maximum atomic E-state index is 12.1. The Kier molecular flexibility index (Phi) is 6.49. The Morgan fingerprint density at radius 1 is 1.26 bits per heavy atom. The first-order valence-electron chi connectivity index (χ1n) is 7.32. The maximum absolute atomic E-state index is 12.1. The predicted octanol–water partition coefficient (Wildman–Crippen LogP) is 2.86. The molecule has 122 valence electrons. The van der Waals surface area contributed by atoms with Gasteiger partial charge in [-0.05, 0) is 45.3 Å². The standard InChI is InChI=1S/C16H20BrN5O/c1-22(2)8-4-7-18-15-11-19-14(10-20-15)16(23)21-13-6-3-5-12(17)9-13/h3,5-6,9-11H,4,7-8H2,1-2H3,(H,18,20)(H,21,23). The number of nitrogens with one attached hydrogen (secondary N) is 2. The minimum atomic E-state index is -0.283. The largest absolute Gasteiger partial charge is 0.369 e. The zero-order valence-corrected chi connectivity index (χ0v) is 14.8. The van der Waals surface area contributed by atoms with E-state index in [-0.39, 0.29) is 11.6 Å². The highest BCUT2D eigenvalue weighted by molar-refractivity contribution is 9.10. The third-order valence-corrected chi connectivity index (χ3v) is 3.55. The summed E-state index contributed by atoms with van der Waals surface area (Å²) in [7, 11) is 4.08. The van der Waals surface area contributed by atoms with Gasteiger partial charge in [0, 0.05) is 16.7 Å². The molecular formula is C16H20BrN5O. The Balaban J connectivity index is 1.87. The number of amides is 1. The van der Waals surface area contributed by atoms with Crippen molar-refractivity contribution in [2.75, 3.05) is 37.8 Å². The fourth-order valence-corrected chi connectivity index (χ4v) is 2.31. The molecule has 0 atom stereocenters. The van der Waals surface area contributed by atoms with Crippen molar-refractivity contribution in [1.29, 1.82) is 0 Å². The molecule has 1 heterocycles. The van der Waals surface area contributed by atoms with Gasteiger partial charge in [0.05, 0.1) is 12.4 Å². The molecule has 0 saturated carbocycles. The topological polar surface area (TPSA) is 70.2 Å². The molecule has 0 spiro atoms. The molecule has 0 saturated heterocycles. The van der Waals surface area contributed by atoms with Gasteiger partial charge in [-0.25, -0.2) is 9.97 Å². The molecule has 0 fully saturated rings. The van der Waals surface area contributed by atoms with E-state index in [4.69, 9.17) is 0 Å². The van der Waals surface area contributed by atoms with Crippen LogP contribution in [0.25, 0.3) is 0 Å². The smallest absolute Gasteiger partial charge is 0.275 e. The summed E-state index contributed by atoms with van der Waals surface area (Å²) in [4.78, 5) is 22.6. The van der Waals surface area contributed by atoms with Crippen LogP contribution < -0.4 is 10.6 Å². The monoisotopic (exact) mass is 377 g/mol.